The van der Waals surface area contributed by atoms with Gasteiger partial charge in [0.15, 0.2) is 5.60 Å². The predicted octanol–water partition coefficient (Wildman–Crippen LogP) is 1.63. The summed E-state index contributed by atoms with van der Waals surface area (Å²) in [5, 5.41) is 23.9. The van der Waals surface area contributed by atoms with E-state index in [4.69, 9.17) is 14.2 Å². The molecule has 2 fully saturated rings. The van der Waals surface area contributed by atoms with Crippen LogP contribution < -0.4 is 5.32 Å². The second-order valence-electron chi connectivity index (χ2n) is 8.18. The van der Waals surface area contributed by atoms with E-state index in [2.05, 4.69) is 11.9 Å². The van der Waals surface area contributed by atoms with Gasteiger partial charge in [-0.1, -0.05) is 30.3 Å². The summed E-state index contributed by atoms with van der Waals surface area (Å²) in [5.74, 6) is -0.315. The standard InChI is InChI=1S/C23H33NO6/c1-3-10-29-20-13-23(12-19(25)21(20)26,22(27)24-14-18-9-6-11-28-18)30-15-17-8-5-4-7-16(17)2/h3-5,7-8,18-21,25-26H,1,6,9-15H2,2H3,(H,24,27)/t18-,19-,20+,21-,23+/m1/s1. The Hall–Kier alpha value is -1.77. The highest BCUT2D eigenvalue weighted by Crippen LogP contribution is 2.35. The van der Waals surface area contributed by atoms with E-state index in [1.165, 1.54) is 0 Å². The highest BCUT2D eigenvalue weighted by molar-refractivity contribution is 5.85. The van der Waals surface area contributed by atoms with Gasteiger partial charge in [-0.25, -0.2) is 0 Å². The zero-order valence-corrected chi connectivity index (χ0v) is 17.6. The van der Waals surface area contributed by atoms with Crippen molar-refractivity contribution in [3.8, 4) is 0 Å². The van der Waals surface area contributed by atoms with Gasteiger partial charge in [-0.05, 0) is 30.9 Å². The first-order valence-electron chi connectivity index (χ1n) is 10.6. The van der Waals surface area contributed by atoms with Crippen LogP contribution in [0.2, 0.25) is 0 Å². The molecule has 5 atom stereocenters. The summed E-state index contributed by atoms with van der Waals surface area (Å²) < 4.78 is 17.5. The van der Waals surface area contributed by atoms with Crippen LogP contribution in [0.5, 0.6) is 0 Å². The Morgan fingerprint density at radius 3 is 2.87 bits per heavy atom. The number of carbonyl (C=O) groups is 1. The molecule has 1 aromatic rings. The molecule has 0 unspecified atom stereocenters. The van der Waals surface area contributed by atoms with E-state index in [1.807, 2.05) is 31.2 Å². The van der Waals surface area contributed by atoms with Crippen molar-refractivity contribution in [2.24, 2.45) is 0 Å². The van der Waals surface area contributed by atoms with Crippen LogP contribution in [-0.4, -0.2) is 65.9 Å². The van der Waals surface area contributed by atoms with Crippen molar-refractivity contribution in [3.05, 3.63) is 48.0 Å². The fourth-order valence-corrected chi connectivity index (χ4v) is 4.11. The summed E-state index contributed by atoms with van der Waals surface area (Å²) >= 11 is 0. The minimum absolute atomic E-state index is 0.00529. The highest BCUT2D eigenvalue weighted by Gasteiger charge is 2.51. The maximum atomic E-state index is 13.3. The minimum atomic E-state index is -1.31. The van der Waals surface area contributed by atoms with Gasteiger partial charge >= 0.3 is 0 Å². The van der Waals surface area contributed by atoms with Crippen LogP contribution in [0.4, 0.5) is 0 Å². The van der Waals surface area contributed by atoms with Crippen molar-refractivity contribution in [2.45, 2.75) is 69.2 Å². The van der Waals surface area contributed by atoms with Gasteiger partial charge in [-0.2, -0.15) is 0 Å². The highest BCUT2D eigenvalue weighted by atomic mass is 16.5. The molecule has 7 heteroatoms. The molecule has 7 nitrogen and oxygen atoms in total. The maximum absolute atomic E-state index is 13.3. The van der Waals surface area contributed by atoms with Gasteiger partial charge in [-0.3, -0.25) is 4.79 Å². The van der Waals surface area contributed by atoms with E-state index in [0.29, 0.717) is 13.2 Å². The predicted molar refractivity (Wildman–Crippen MR) is 112 cm³/mol. The van der Waals surface area contributed by atoms with E-state index in [-0.39, 0.29) is 38.1 Å². The number of rotatable bonds is 9. The Labute approximate surface area is 178 Å². The molecule has 2 aliphatic rings. The van der Waals surface area contributed by atoms with Crippen LogP contribution in [0.25, 0.3) is 0 Å². The lowest BCUT2D eigenvalue weighted by Crippen LogP contribution is -2.61. The summed E-state index contributed by atoms with van der Waals surface area (Å²) in [7, 11) is 0. The SMILES string of the molecule is C=CCO[C@H]1C[C@](OCc2ccccc2C)(C(=O)NC[C@H]2CCCO2)C[C@@H](O)[C@H]1O. The van der Waals surface area contributed by atoms with Gasteiger partial charge in [0, 0.05) is 26.0 Å². The Bertz CT molecular complexity index is 719. The average Bonchev–Trinajstić information content (AvgIpc) is 3.26. The summed E-state index contributed by atoms with van der Waals surface area (Å²) in [5.41, 5.74) is 0.710. The molecule has 1 saturated heterocycles. The number of aryl methyl sites for hydroxylation is 1. The van der Waals surface area contributed by atoms with Crippen molar-refractivity contribution < 1.29 is 29.2 Å². The van der Waals surface area contributed by atoms with Crippen LogP contribution in [-0.2, 0) is 25.6 Å². The molecule has 166 valence electrons. The van der Waals surface area contributed by atoms with E-state index in [0.717, 1.165) is 24.0 Å². The first kappa shape index (κ1) is 22.9. The van der Waals surface area contributed by atoms with Crippen molar-refractivity contribution in [1.82, 2.24) is 5.32 Å². The number of benzene rings is 1. The molecule has 0 spiro atoms. The van der Waals surface area contributed by atoms with Gasteiger partial charge < -0.3 is 29.7 Å². The van der Waals surface area contributed by atoms with Gasteiger partial charge in [0.05, 0.1) is 31.5 Å². The third-order valence-electron chi connectivity index (χ3n) is 5.97. The summed E-state index contributed by atoms with van der Waals surface area (Å²) in [6, 6.07) is 7.81. The Morgan fingerprint density at radius 1 is 1.37 bits per heavy atom. The van der Waals surface area contributed by atoms with Crippen LogP contribution in [0.3, 0.4) is 0 Å². The molecule has 1 saturated carbocycles. The quantitative estimate of drug-likeness (QED) is 0.527. The topological polar surface area (TPSA) is 97.3 Å². The normalized spacial score (nSPS) is 31.4. The number of hydrogen-bond donors (Lipinski definition) is 3. The Balaban J connectivity index is 1.78. The number of amides is 1. The second kappa shape index (κ2) is 10.5. The van der Waals surface area contributed by atoms with Crippen LogP contribution in [0.1, 0.15) is 36.8 Å². The van der Waals surface area contributed by atoms with Gasteiger partial charge in [0.1, 0.15) is 6.10 Å². The van der Waals surface area contributed by atoms with Crippen LogP contribution >= 0.6 is 0 Å². The number of nitrogens with one attached hydrogen (secondary N) is 1. The van der Waals surface area contributed by atoms with E-state index in [1.54, 1.807) is 6.08 Å². The van der Waals surface area contributed by atoms with Crippen molar-refractivity contribution in [1.29, 1.82) is 0 Å². The monoisotopic (exact) mass is 419 g/mol. The number of aliphatic hydroxyl groups excluding tert-OH is 2. The first-order chi connectivity index (χ1) is 14.4. The summed E-state index contributed by atoms with van der Waals surface area (Å²) in [6.07, 6.45) is 0.618. The van der Waals surface area contributed by atoms with Gasteiger partial charge in [0.25, 0.3) is 5.91 Å². The lowest BCUT2D eigenvalue weighted by Gasteiger charge is -2.44. The summed E-state index contributed by atoms with van der Waals surface area (Å²) in [4.78, 5) is 13.3. The third-order valence-corrected chi connectivity index (χ3v) is 5.97. The molecule has 0 bridgehead atoms. The van der Waals surface area contributed by atoms with E-state index >= 15 is 0 Å². The lowest BCUT2D eigenvalue weighted by atomic mass is 9.78. The molecule has 1 aliphatic heterocycles. The van der Waals surface area contributed by atoms with Gasteiger partial charge in [0.2, 0.25) is 0 Å². The fourth-order valence-electron chi connectivity index (χ4n) is 4.11. The molecule has 3 rings (SSSR count). The average molecular weight is 420 g/mol. The number of aliphatic hydroxyl groups is 2. The Morgan fingerprint density at radius 2 is 2.17 bits per heavy atom. The first-order valence-corrected chi connectivity index (χ1v) is 10.6. The zero-order chi connectivity index (χ0) is 21.6. The van der Waals surface area contributed by atoms with Crippen LogP contribution in [0, 0.1) is 6.92 Å². The molecule has 1 aliphatic carbocycles. The molecule has 0 radical (unpaired) electrons. The largest absolute Gasteiger partial charge is 0.390 e. The van der Waals surface area contributed by atoms with Crippen LogP contribution in [0.15, 0.2) is 36.9 Å². The molecular weight excluding hydrogens is 386 g/mol. The van der Waals surface area contributed by atoms with Gasteiger partial charge in [-0.15, -0.1) is 6.58 Å². The fraction of sp³-hybridized carbons (Fsp3) is 0.609. The van der Waals surface area contributed by atoms with E-state index in [9.17, 15) is 15.0 Å². The van der Waals surface area contributed by atoms with Crippen molar-refractivity contribution >= 4 is 5.91 Å². The minimum Gasteiger partial charge on any atom is -0.390 e. The molecule has 1 aromatic carbocycles. The second-order valence-corrected chi connectivity index (χ2v) is 8.18. The molecule has 0 aromatic heterocycles. The molecular formula is C23H33NO6. The van der Waals surface area contributed by atoms with Crippen molar-refractivity contribution in [3.63, 3.8) is 0 Å². The number of ether oxygens (including phenoxy) is 3. The third kappa shape index (κ3) is 5.47. The zero-order valence-electron chi connectivity index (χ0n) is 17.6. The molecule has 1 amide bonds. The van der Waals surface area contributed by atoms with E-state index < -0.39 is 23.9 Å². The molecule has 30 heavy (non-hydrogen) atoms. The lowest BCUT2D eigenvalue weighted by molar-refractivity contribution is -0.196. The Kier molecular flexibility index (Phi) is 8.02. The smallest absolute Gasteiger partial charge is 0.252 e. The molecule has 1 heterocycles. The maximum Gasteiger partial charge on any atom is 0.252 e. The van der Waals surface area contributed by atoms with Crippen molar-refractivity contribution in [2.75, 3.05) is 19.8 Å². The molecule has 3 N–H and O–H groups in total. The summed E-state index contributed by atoms with van der Waals surface area (Å²) in [6.45, 7) is 7.14. The number of hydrogen-bond acceptors (Lipinski definition) is 6. The number of carbonyl (C=O) groups excluding carboxylic acids is 1.